The van der Waals surface area contributed by atoms with E-state index in [0.29, 0.717) is 31.4 Å². The van der Waals surface area contributed by atoms with Gasteiger partial charge in [0.05, 0.1) is 5.92 Å². The van der Waals surface area contributed by atoms with E-state index in [-0.39, 0.29) is 24.5 Å². The number of thioether (sulfide) groups is 1. The molecule has 8 nitrogen and oxygen atoms in total. The maximum absolute atomic E-state index is 12.6. The molecule has 0 atom stereocenters. The molecule has 198 valence electrons. The summed E-state index contributed by atoms with van der Waals surface area (Å²) >= 11 is 1.80. The van der Waals surface area contributed by atoms with Crippen LogP contribution in [0.2, 0.25) is 0 Å². The van der Waals surface area contributed by atoms with E-state index in [1.54, 1.807) is 21.6 Å². The number of hydrogen-bond donors (Lipinski definition) is 1. The molecule has 3 amide bonds. The predicted molar refractivity (Wildman–Crippen MR) is 143 cm³/mol. The van der Waals surface area contributed by atoms with Gasteiger partial charge in [0, 0.05) is 42.0 Å². The maximum atomic E-state index is 12.6. The molecule has 0 unspecified atom stereocenters. The first-order chi connectivity index (χ1) is 17.7. The largest absolute Gasteiger partial charge is 0.445 e. The average Bonchev–Trinajstić information content (AvgIpc) is 2.83. The zero-order chi connectivity index (χ0) is 26.4. The second kappa shape index (κ2) is 11.9. The van der Waals surface area contributed by atoms with Gasteiger partial charge < -0.3 is 24.6 Å². The molecule has 2 saturated heterocycles. The van der Waals surface area contributed by atoms with E-state index in [2.05, 4.69) is 5.32 Å². The van der Waals surface area contributed by atoms with Crippen molar-refractivity contribution in [2.24, 2.45) is 5.92 Å². The molecular formula is C28H35N3O5S. The maximum Gasteiger partial charge on any atom is 0.410 e. The van der Waals surface area contributed by atoms with Crippen molar-refractivity contribution >= 4 is 35.5 Å². The van der Waals surface area contributed by atoms with Crippen molar-refractivity contribution in [3.63, 3.8) is 0 Å². The van der Waals surface area contributed by atoms with Crippen LogP contribution in [-0.2, 0) is 20.9 Å². The Balaban J connectivity index is 1.15. The van der Waals surface area contributed by atoms with Crippen LogP contribution in [0.25, 0.3) is 0 Å². The monoisotopic (exact) mass is 525 g/mol. The molecule has 37 heavy (non-hydrogen) atoms. The molecule has 1 N–H and O–H groups in total. The van der Waals surface area contributed by atoms with Crippen molar-refractivity contribution in [3.05, 3.63) is 60.2 Å². The molecule has 2 fully saturated rings. The molecule has 2 aliphatic heterocycles. The minimum atomic E-state index is -0.480. The second-order valence-electron chi connectivity index (χ2n) is 10.4. The lowest BCUT2D eigenvalue weighted by molar-refractivity contribution is -0.124. The van der Waals surface area contributed by atoms with Crippen LogP contribution in [0.3, 0.4) is 0 Å². The van der Waals surface area contributed by atoms with Gasteiger partial charge in [-0.15, -0.1) is 11.8 Å². The number of likely N-dealkylation sites (tertiary alicyclic amines) is 2. The molecule has 0 aliphatic carbocycles. The lowest BCUT2D eigenvalue weighted by Gasteiger charge is -2.37. The third-order valence-electron chi connectivity index (χ3n) is 6.23. The van der Waals surface area contributed by atoms with Crippen molar-refractivity contribution in [1.29, 1.82) is 0 Å². The lowest BCUT2D eigenvalue weighted by Crippen LogP contribution is -2.54. The molecule has 0 spiro atoms. The standard InChI is InChI=1S/C28H35N3O5S/c1-28(2,3)36-27(34)30-15-13-24(14-16-30)37-23-11-9-22(10-12-23)29-25(32)21-17-31(18-21)26(33)35-19-20-7-5-4-6-8-20/h4-12,21,24H,13-19H2,1-3H3,(H,29,32). The van der Waals surface area contributed by atoms with Gasteiger partial charge in [0.1, 0.15) is 12.2 Å². The molecule has 4 rings (SSSR count). The molecule has 9 heteroatoms. The fourth-order valence-corrected chi connectivity index (χ4v) is 5.27. The summed E-state index contributed by atoms with van der Waals surface area (Å²) in [6, 6.07) is 17.3. The highest BCUT2D eigenvalue weighted by Crippen LogP contribution is 2.31. The molecule has 2 aromatic rings. The molecule has 0 saturated carbocycles. The van der Waals surface area contributed by atoms with Gasteiger partial charge in [-0.3, -0.25) is 4.79 Å². The van der Waals surface area contributed by atoms with Crippen molar-refractivity contribution in [2.75, 3.05) is 31.5 Å². The van der Waals surface area contributed by atoms with Gasteiger partial charge in [-0.2, -0.15) is 0 Å². The number of rotatable bonds is 6. The van der Waals surface area contributed by atoms with Crippen molar-refractivity contribution in [1.82, 2.24) is 9.80 Å². The van der Waals surface area contributed by atoms with Gasteiger partial charge in [0.15, 0.2) is 0 Å². The summed E-state index contributed by atoms with van der Waals surface area (Å²) in [5.41, 5.74) is 1.18. The SMILES string of the molecule is CC(C)(C)OC(=O)N1CCC(Sc2ccc(NC(=O)C3CN(C(=O)OCc4ccccc4)C3)cc2)CC1. The minimum absolute atomic E-state index is 0.0953. The summed E-state index contributed by atoms with van der Waals surface area (Å²) in [7, 11) is 0. The number of carbonyl (C=O) groups excluding carboxylic acids is 3. The van der Waals surface area contributed by atoms with Gasteiger partial charge in [-0.05, 0) is 63.4 Å². The van der Waals surface area contributed by atoms with Gasteiger partial charge in [-0.1, -0.05) is 30.3 Å². The van der Waals surface area contributed by atoms with Crippen LogP contribution in [0, 0.1) is 5.92 Å². The van der Waals surface area contributed by atoms with Crippen LogP contribution in [0.4, 0.5) is 15.3 Å². The summed E-state index contributed by atoms with van der Waals surface area (Å²) in [5, 5.41) is 3.38. The van der Waals surface area contributed by atoms with Crippen molar-refractivity contribution in [2.45, 2.75) is 56.0 Å². The number of piperidine rings is 1. The van der Waals surface area contributed by atoms with Gasteiger partial charge in [0.25, 0.3) is 0 Å². The van der Waals surface area contributed by atoms with E-state index in [9.17, 15) is 14.4 Å². The first-order valence-electron chi connectivity index (χ1n) is 12.7. The number of amides is 3. The molecule has 0 radical (unpaired) electrons. The predicted octanol–water partition coefficient (Wildman–Crippen LogP) is 5.39. The normalized spacial score (nSPS) is 16.6. The molecule has 0 aromatic heterocycles. The van der Waals surface area contributed by atoms with Crippen LogP contribution in [0.1, 0.15) is 39.2 Å². The highest BCUT2D eigenvalue weighted by molar-refractivity contribution is 8.00. The first kappa shape index (κ1) is 26.9. The Labute approximate surface area is 222 Å². The van der Waals surface area contributed by atoms with Crippen LogP contribution in [0.5, 0.6) is 0 Å². The van der Waals surface area contributed by atoms with Crippen LogP contribution >= 0.6 is 11.8 Å². The minimum Gasteiger partial charge on any atom is -0.445 e. The number of ether oxygens (including phenoxy) is 2. The van der Waals surface area contributed by atoms with E-state index in [0.717, 1.165) is 29.0 Å². The third kappa shape index (κ3) is 7.89. The number of hydrogen-bond acceptors (Lipinski definition) is 6. The number of anilines is 1. The first-order valence-corrected chi connectivity index (χ1v) is 13.6. The Hall–Kier alpha value is -3.20. The van der Waals surface area contributed by atoms with E-state index < -0.39 is 11.7 Å². The Morgan fingerprint density at radius 1 is 0.919 bits per heavy atom. The van der Waals surface area contributed by atoms with E-state index in [1.165, 1.54) is 0 Å². The third-order valence-corrected chi connectivity index (χ3v) is 7.58. The van der Waals surface area contributed by atoms with E-state index in [1.807, 2.05) is 75.4 Å². The van der Waals surface area contributed by atoms with Crippen LogP contribution < -0.4 is 5.32 Å². The smallest absolute Gasteiger partial charge is 0.410 e. The summed E-state index contributed by atoms with van der Waals surface area (Å²) < 4.78 is 10.8. The van der Waals surface area contributed by atoms with E-state index in [4.69, 9.17) is 9.47 Å². The molecule has 2 aliphatic rings. The summed E-state index contributed by atoms with van der Waals surface area (Å²) in [6.07, 6.45) is 1.18. The Bertz CT molecular complexity index is 1070. The van der Waals surface area contributed by atoms with Gasteiger partial charge >= 0.3 is 12.2 Å². The van der Waals surface area contributed by atoms with Crippen molar-refractivity contribution in [3.8, 4) is 0 Å². The zero-order valence-electron chi connectivity index (χ0n) is 21.6. The topological polar surface area (TPSA) is 88.2 Å². The van der Waals surface area contributed by atoms with Gasteiger partial charge in [0.2, 0.25) is 5.91 Å². The number of nitrogens with one attached hydrogen (secondary N) is 1. The fraction of sp³-hybridized carbons (Fsp3) is 0.464. The highest BCUT2D eigenvalue weighted by Gasteiger charge is 2.36. The number of nitrogens with zero attached hydrogens (tertiary/aromatic N) is 2. The Morgan fingerprint density at radius 3 is 2.19 bits per heavy atom. The quantitative estimate of drug-likeness (QED) is 0.544. The summed E-state index contributed by atoms with van der Waals surface area (Å²) in [4.78, 5) is 41.5. The zero-order valence-corrected chi connectivity index (χ0v) is 22.5. The summed E-state index contributed by atoms with van der Waals surface area (Å²) in [6.45, 7) is 7.96. The molecular weight excluding hydrogens is 490 g/mol. The van der Waals surface area contributed by atoms with Gasteiger partial charge in [-0.25, -0.2) is 9.59 Å². The Morgan fingerprint density at radius 2 is 1.57 bits per heavy atom. The highest BCUT2D eigenvalue weighted by atomic mass is 32.2. The fourth-order valence-electron chi connectivity index (χ4n) is 4.14. The Kier molecular flexibility index (Phi) is 8.63. The van der Waals surface area contributed by atoms with Crippen molar-refractivity contribution < 1.29 is 23.9 Å². The van der Waals surface area contributed by atoms with Crippen LogP contribution in [-0.4, -0.2) is 64.9 Å². The number of benzene rings is 2. The van der Waals surface area contributed by atoms with Crippen LogP contribution in [0.15, 0.2) is 59.5 Å². The molecule has 2 aromatic carbocycles. The average molecular weight is 526 g/mol. The number of carbonyl (C=O) groups is 3. The second-order valence-corrected chi connectivity index (χ2v) is 11.8. The van der Waals surface area contributed by atoms with E-state index >= 15 is 0 Å². The molecule has 0 bridgehead atoms. The molecule has 2 heterocycles. The summed E-state index contributed by atoms with van der Waals surface area (Å²) in [5.74, 6) is -0.337. The lowest BCUT2D eigenvalue weighted by atomic mass is 10.00.